The second-order valence-corrected chi connectivity index (χ2v) is 6.92. The molecule has 6 nitrogen and oxygen atoms in total. The summed E-state index contributed by atoms with van der Waals surface area (Å²) in [6, 6.07) is 7.12. The fraction of sp³-hybridized carbons (Fsp3) is 0.389. The number of aromatic nitrogens is 1. The second-order valence-electron chi connectivity index (χ2n) is 6.92. The first-order valence-electron chi connectivity index (χ1n) is 8.36. The standard InChI is InChI=1S/C18H15F3N4O2/c19-18(20,21)17(27)5-12(6-17)24-10-13(7-22)25(16(24)26)15-9-23-8-11-3-1-2-4-14(11)15/h1-4,8-9,12-13,27H,5-6,10H2/t12?,13-,17?/m0/s1. The smallest absolute Gasteiger partial charge is 0.380 e. The van der Waals surface area contributed by atoms with Gasteiger partial charge in [-0.1, -0.05) is 24.3 Å². The van der Waals surface area contributed by atoms with E-state index in [0.29, 0.717) is 5.69 Å². The van der Waals surface area contributed by atoms with E-state index < -0.39 is 42.7 Å². The molecule has 2 aliphatic rings. The number of rotatable bonds is 2. The highest BCUT2D eigenvalue weighted by molar-refractivity contribution is 6.04. The van der Waals surface area contributed by atoms with E-state index in [4.69, 9.17) is 0 Å². The van der Waals surface area contributed by atoms with Crippen LogP contribution in [0.1, 0.15) is 12.8 Å². The number of carbonyl (C=O) groups excluding carboxylic acids is 1. The van der Waals surface area contributed by atoms with Crippen LogP contribution in [-0.4, -0.2) is 51.4 Å². The lowest BCUT2D eigenvalue weighted by atomic mass is 9.74. The molecule has 4 rings (SSSR count). The van der Waals surface area contributed by atoms with Crippen LogP contribution < -0.4 is 4.90 Å². The Labute approximate surface area is 152 Å². The third-order valence-electron chi connectivity index (χ3n) is 5.30. The first-order valence-corrected chi connectivity index (χ1v) is 8.36. The number of alkyl halides is 3. The number of urea groups is 1. The Kier molecular flexibility index (Phi) is 3.78. The largest absolute Gasteiger partial charge is 0.417 e. The maximum Gasteiger partial charge on any atom is 0.417 e. The van der Waals surface area contributed by atoms with E-state index in [0.717, 1.165) is 10.8 Å². The summed E-state index contributed by atoms with van der Waals surface area (Å²) in [6.07, 6.45) is -2.79. The van der Waals surface area contributed by atoms with Crippen LogP contribution in [0.5, 0.6) is 0 Å². The molecule has 27 heavy (non-hydrogen) atoms. The Balaban J connectivity index is 1.64. The highest BCUT2D eigenvalue weighted by Gasteiger charge is 2.63. The summed E-state index contributed by atoms with van der Waals surface area (Å²) in [6.45, 7) is -0.0167. The SMILES string of the molecule is N#C[C@H]1CN(C2CC(O)(C(F)(F)F)C2)C(=O)N1c1cncc2ccccc12. The van der Waals surface area contributed by atoms with Crippen LogP contribution in [0.2, 0.25) is 0 Å². The van der Waals surface area contributed by atoms with Gasteiger partial charge in [-0.05, 0) is 0 Å². The summed E-state index contributed by atoms with van der Waals surface area (Å²) in [5.41, 5.74) is -2.33. The van der Waals surface area contributed by atoms with Crippen molar-refractivity contribution < 1.29 is 23.1 Å². The molecule has 1 aromatic carbocycles. The average Bonchev–Trinajstić information content (AvgIpc) is 2.93. The molecule has 2 heterocycles. The van der Waals surface area contributed by atoms with Crippen LogP contribution in [0, 0.1) is 11.3 Å². The number of anilines is 1. The number of fused-ring (bicyclic) bond motifs is 1. The first-order chi connectivity index (χ1) is 12.7. The monoisotopic (exact) mass is 376 g/mol. The van der Waals surface area contributed by atoms with Gasteiger partial charge < -0.3 is 10.0 Å². The topological polar surface area (TPSA) is 80.5 Å². The molecule has 2 fully saturated rings. The Morgan fingerprint density at radius 1 is 1.26 bits per heavy atom. The number of nitrogens with zero attached hydrogens (tertiary/aromatic N) is 4. The third kappa shape index (κ3) is 2.59. The van der Waals surface area contributed by atoms with Crippen LogP contribution in [0.15, 0.2) is 36.7 Å². The molecule has 1 atom stereocenters. The van der Waals surface area contributed by atoms with Gasteiger partial charge in [0.1, 0.15) is 6.04 Å². The molecule has 1 saturated carbocycles. The summed E-state index contributed by atoms with van der Waals surface area (Å²) in [4.78, 5) is 19.6. The number of carbonyl (C=O) groups is 1. The number of nitriles is 1. The average molecular weight is 376 g/mol. The van der Waals surface area contributed by atoms with Gasteiger partial charge in [-0.25, -0.2) is 4.79 Å². The van der Waals surface area contributed by atoms with E-state index in [-0.39, 0.29) is 6.54 Å². The van der Waals surface area contributed by atoms with Gasteiger partial charge in [-0.3, -0.25) is 9.88 Å². The summed E-state index contributed by atoms with van der Waals surface area (Å²) < 4.78 is 38.6. The van der Waals surface area contributed by atoms with E-state index in [1.807, 2.05) is 18.2 Å². The maximum absolute atomic E-state index is 12.9. The van der Waals surface area contributed by atoms with Crippen molar-refractivity contribution in [1.82, 2.24) is 9.88 Å². The Hall–Kier alpha value is -2.86. The lowest BCUT2D eigenvalue weighted by molar-refractivity contribution is -0.297. The number of hydrogen-bond donors (Lipinski definition) is 1. The normalized spacial score (nSPS) is 28.3. The fourth-order valence-corrected chi connectivity index (χ4v) is 3.76. The highest BCUT2D eigenvalue weighted by Crippen LogP contribution is 2.48. The fourth-order valence-electron chi connectivity index (χ4n) is 3.76. The van der Waals surface area contributed by atoms with Crippen molar-refractivity contribution in [2.45, 2.75) is 36.7 Å². The molecular weight excluding hydrogens is 361 g/mol. The van der Waals surface area contributed by atoms with Crippen LogP contribution in [0.3, 0.4) is 0 Å². The Bertz CT molecular complexity index is 944. The zero-order valence-electron chi connectivity index (χ0n) is 14.0. The van der Waals surface area contributed by atoms with Crippen molar-refractivity contribution in [3.8, 4) is 6.07 Å². The molecule has 1 N–H and O–H groups in total. The van der Waals surface area contributed by atoms with Gasteiger partial charge >= 0.3 is 12.2 Å². The molecule has 0 radical (unpaired) electrons. The van der Waals surface area contributed by atoms with Gasteiger partial charge in [0.15, 0.2) is 5.60 Å². The molecule has 2 aromatic rings. The molecular formula is C18H15F3N4O2. The quantitative estimate of drug-likeness (QED) is 0.874. The van der Waals surface area contributed by atoms with Crippen molar-refractivity contribution in [3.63, 3.8) is 0 Å². The number of hydrogen-bond acceptors (Lipinski definition) is 4. The Morgan fingerprint density at radius 3 is 2.63 bits per heavy atom. The van der Waals surface area contributed by atoms with Gasteiger partial charge in [0.25, 0.3) is 0 Å². The lowest BCUT2D eigenvalue weighted by Crippen LogP contribution is -2.62. The summed E-state index contributed by atoms with van der Waals surface area (Å²) in [7, 11) is 0. The molecule has 0 spiro atoms. The molecule has 0 unspecified atom stereocenters. The Morgan fingerprint density at radius 2 is 1.96 bits per heavy atom. The minimum atomic E-state index is -4.74. The van der Waals surface area contributed by atoms with Crippen LogP contribution >= 0.6 is 0 Å². The minimum absolute atomic E-state index is 0.0167. The molecule has 1 aliphatic carbocycles. The van der Waals surface area contributed by atoms with Gasteiger partial charge in [0, 0.05) is 35.9 Å². The zero-order chi connectivity index (χ0) is 19.4. The second kappa shape index (κ2) is 5.82. The van der Waals surface area contributed by atoms with Crippen molar-refractivity contribution in [3.05, 3.63) is 36.7 Å². The lowest BCUT2D eigenvalue weighted by Gasteiger charge is -2.47. The van der Waals surface area contributed by atoms with Crippen LogP contribution in [0.25, 0.3) is 10.8 Å². The number of pyridine rings is 1. The number of halogens is 3. The number of amides is 2. The molecule has 1 saturated heterocycles. The highest BCUT2D eigenvalue weighted by atomic mass is 19.4. The summed E-state index contributed by atoms with van der Waals surface area (Å²) in [5.74, 6) is 0. The summed E-state index contributed by atoms with van der Waals surface area (Å²) >= 11 is 0. The molecule has 1 aromatic heterocycles. The first kappa shape index (κ1) is 17.5. The predicted molar refractivity (Wildman–Crippen MR) is 89.8 cm³/mol. The van der Waals surface area contributed by atoms with E-state index in [1.165, 1.54) is 16.0 Å². The molecule has 2 amide bonds. The van der Waals surface area contributed by atoms with Gasteiger partial charge in [0.05, 0.1) is 24.5 Å². The molecule has 9 heteroatoms. The van der Waals surface area contributed by atoms with Gasteiger partial charge in [-0.15, -0.1) is 0 Å². The zero-order valence-corrected chi connectivity index (χ0v) is 14.0. The van der Waals surface area contributed by atoms with Crippen molar-refractivity contribution in [2.24, 2.45) is 0 Å². The maximum atomic E-state index is 12.9. The van der Waals surface area contributed by atoms with Gasteiger partial charge in [-0.2, -0.15) is 18.4 Å². The van der Waals surface area contributed by atoms with Gasteiger partial charge in [0.2, 0.25) is 0 Å². The van der Waals surface area contributed by atoms with Crippen LogP contribution in [-0.2, 0) is 0 Å². The number of aliphatic hydroxyl groups is 1. The number of benzene rings is 1. The molecule has 1 aliphatic heterocycles. The van der Waals surface area contributed by atoms with E-state index >= 15 is 0 Å². The van der Waals surface area contributed by atoms with E-state index in [1.54, 1.807) is 18.3 Å². The molecule has 140 valence electrons. The van der Waals surface area contributed by atoms with Crippen molar-refractivity contribution in [1.29, 1.82) is 5.26 Å². The van der Waals surface area contributed by atoms with Crippen LogP contribution in [0.4, 0.5) is 23.7 Å². The van der Waals surface area contributed by atoms with E-state index in [9.17, 15) is 28.3 Å². The van der Waals surface area contributed by atoms with E-state index in [2.05, 4.69) is 4.98 Å². The van der Waals surface area contributed by atoms with Crippen molar-refractivity contribution in [2.75, 3.05) is 11.4 Å². The third-order valence-corrected chi connectivity index (χ3v) is 5.30. The predicted octanol–water partition coefficient (Wildman–Crippen LogP) is 2.82. The summed E-state index contributed by atoms with van der Waals surface area (Å²) in [5, 5.41) is 20.7. The molecule has 0 bridgehead atoms. The van der Waals surface area contributed by atoms with Crippen molar-refractivity contribution >= 4 is 22.5 Å². The minimum Gasteiger partial charge on any atom is -0.380 e.